The van der Waals surface area contributed by atoms with Crippen molar-refractivity contribution in [2.24, 2.45) is 0 Å². The van der Waals surface area contributed by atoms with E-state index in [1.807, 2.05) is 20.8 Å². The van der Waals surface area contributed by atoms with Crippen molar-refractivity contribution >= 4 is 21.9 Å². The molecule has 0 aliphatic carbocycles. The first kappa shape index (κ1) is 15.3. The van der Waals surface area contributed by atoms with E-state index in [9.17, 15) is 4.79 Å². The van der Waals surface area contributed by atoms with Gasteiger partial charge in [0.2, 0.25) is 0 Å². The molecule has 0 aromatic carbocycles. The van der Waals surface area contributed by atoms with Crippen LogP contribution in [0.25, 0.3) is 0 Å². The fourth-order valence-corrected chi connectivity index (χ4v) is 0.518. The zero-order chi connectivity index (χ0) is 10.7. The van der Waals surface area contributed by atoms with Gasteiger partial charge in [-0.2, -0.15) is 0 Å². The summed E-state index contributed by atoms with van der Waals surface area (Å²) in [6.45, 7) is 7.25. The molecule has 80 valence electrons. The zero-order valence-corrected chi connectivity index (χ0v) is 9.83. The Morgan fingerprint density at radius 1 is 1.38 bits per heavy atom. The SMILES string of the molecule is CCOC(C)OCC.O=C(O)CBr. The highest BCUT2D eigenvalue weighted by molar-refractivity contribution is 9.09. The fourth-order valence-electron chi connectivity index (χ4n) is 0.518. The Kier molecular flexibility index (Phi) is 14.0. The maximum atomic E-state index is 9.32. The second-order valence-corrected chi connectivity index (χ2v) is 2.57. The summed E-state index contributed by atoms with van der Waals surface area (Å²) in [5.74, 6) is -0.829. The van der Waals surface area contributed by atoms with Gasteiger partial charge >= 0.3 is 5.97 Å². The zero-order valence-electron chi connectivity index (χ0n) is 8.25. The average Bonchev–Trinajstić information content (AvgIpc) is 2.06. The molecular formula is C8H17BrO4. The van der Waals surface area contributed by atoms with E-state index in [0.717, 1.165) is 13.2 Å². The summed E-state index contributed by atoms with van der Waals surface area (Å²) < 4.78 is 10.1. The van der Waals surface area contributed by atoms with Crippen LogP contribution in [0.15, 0.2) is 0 Å². The molecule has 0 atom stereocenters. The molecule has 0 amide bonds. The quantitative estimate of drug-likeness (QED) is 0.603. The van der Waals surface area contributed by atoms with Crippen LogP contribution < -0.4 is 0 Å². The first-order chi connectivity index (χ1) is 6.08. The Morgan fingerprint density at radius 3 is 1.85 bits per heavy atom. The lowest BCUT2D eigenvalue weighted by Crippen LogP contribution is -2.11. The minimum absolute atomic E-state index is 0.0347. The Balaban J connectivity index is 0. The molecule has 0 spiro atoms. The van der Waals surface area contributed by atoms with Crippen LogP contribution in [-0.2, 0) is 14.3 Å². The predicted octanol–water partition coefficient (Wildman–Crippen LogP) is 1.87. The fraction of sp³-hybridized carbons (Fsp3) is 0.875. The molecule has 0 heterocycles. The second kappa shape index (κ2) is 11.9. The highest BCUT2D eigenvalue weighted by Gasteiger charge is 1.94. The van der Waals surface area contributed by atoms with Crippen LogP contribution >= 0.6 is 15.9 Å². The van der Waals surface area contributed by atoms with E-state index in [0.29, 0.717) is 0 Å². The van der Waals surface area contributed by atoms with E-state index in [1.54, 1.807) is 0 Å². The number of aliphatic carboxylic acids is 1. The van der Waals surface area contributed by atoms with Gasteiger partial charge in [0.25, 0.3) is 0 Å². The van der Waals surface area contributed by atoms with E-state index in [2.05, 4.69) is 15.9 Å². The van der Waals surface area contributed by atoms with Crippen molar-refractivity contribution in [3.63, 3.8) is 0 Å². The van der Waals surface area contributed by atoms with E-state index in [1.165, 1.54) is 0 Å². The summed E-state index contributed by atoms with van der Waals surface area (Å²) >= 11 is 2.71. The summed E-state index contributed by atoms with van der Waals surface area (Å²) in [6, 6.07) is 0. The van der Waals surface area contributed by atoms with E-state index < -0.39 is 5.97 Å². The number of hydrogen-bond acceptors (Lipinski definition) is 3. The van der Waals surface area contributed by atoms with Gasteiger partial charge in [0, 0.05) is 13.2 Å². The molecule has 0 aliphatic rings. The molecule has 0 fully saturated rings. The molecule has 13 heavy (non-hydrogen) atoms. The Bertz CT molecular complexity index is 113. The van der Waals surface area contributed by atoms with Crippen LogP contribution in [0.5, 0.6) is 0 Å². The molecule has 0 aliphatic heterocycles. The third kappa shape index (κ3) is 18.7. The molecule has 0 saturated heterocycles. The third-order valence-corrected chi connectivity index (χ3v) is 1.40. The number of carboxylic acid groups (broad SMARTS) is 1. The summed E-state index contributed by atoms with van der Waals surface area (Å²) in [4.78, 5) is 9.32. The number of halogens is 1. The molecule has 4 nitrogen and oxygen atoms in total. The molecule has 0 unspecified atom stereocenters. The van der Waals surface area contributed by atoms with Crippen molar-refractivity contribution in [1.82, 2.24) is 0 Å². The molecule has 0 aromatic rings. The first-order valence-electron chi connectivity index (χ1n) is 4.09. The molecule has 0 bridgehead atoms. The maximum absolute atomic E-state index is 9.32. The molecule has 0 radical (unpaired) electrons. The topological polar surface area (TPSA) is 55.8 Å². The van der Waals surface area contributed by atoms with Crippen LogP contribution in [0, 0.1) is 0 Å². The molecule has 1 N–H and O–H groups in total. The van der Waals surface area contributed by atoms with E-state index in [-0.39, 0.29) is 11.6 Å². The van der Waals surface area contributed by atoms with Crippen LogP contribution in [-0.4, -0.2) is 35.9 Å². The van der Waals surface area contributed by atoms with Gasteiger partial charge in [-0.05, 0) is 20.8 Å². The lowest BCUT2D eigenvalue weighted by atomic mass is 10.7. The van der Waals surface area contributed by atoms with Crippen LogP contribution in [0.1, 0.15) is 20.8 Å². The van der Waals surface area contributed by atoms with Crippen LogP contribution in [0.2, 0.25) is 0 Å². The van der Waals surface area contributed by atoms with Crippen molar-refractivity contribution in [1.29, 1.82) is 0 Å². The standard InChI is InChI=1S/C6H14O2.C2H3BrO2/c1-4-7-6(3)8-5-2;3-1-2(4)5/h6H,4-5H2,1-3H3;1H2,(H,4,5). The van der Waals surface area contributed by atoms with Crippen LogP contribution in [0.4, 0.5) is 0 Å². The number of carboxylic acids is 1. The van der Waals surface area contributed by atoms with Gasteiger partial charge in [-0.15, -0.1) is 0 Å². The summed E-state index contributed by atoms with van der Waals surface area (Å²) in [5, 5.41) is 7.71. The molecule has 0 saturated carbocycles. The monoisotopic (exact) mass is 256 g/mol. The van der Waals surface area contributed by atoms with Crippen molar-refractivity contribution in [2.45, 2.75) is 27.1 Å². The summed E-state index contributed by atoms with van der Waals surface area (Å²) in [5.41, 5.74) is 0. The van der Waals surface area contributed by atoms with Crippen molar-refractivity contribution in [2.75, 3.05) is 18.5 Å². The smallest absolute Gasteiger partial charge is 0.314 e. The number of ether oxygens (including phenoxy) is 2. The number of rotatable bonds is 5. The minimum Gasteiger partial charge on any atom is -0.481 e. The Labute approximate surface area is 87.4 Å². The van der Waals surface area contributed by atoms with Crippen LogP contribution in [0.3, 0.4) is 0 Å². The van der Waals surface area contributed by atoms with Gasteiger partial charge in [-0.25, -0.2) is 0 Å². The highest BCUT2D eigenvalue weighted by Crippen LogP contribution is 1.90. The normalized spacial score (nSPS) is 9.31. The maximum Gasteiger partial charge on any atom is 0.314 e. The lowest BCUT2D eigenvalue weighted by Gasteiger charge is -2.09. The highest BCUT2D eigenvalue weighted by atomic mass is 79.9. The second-order valence-electron chi connectivity index (χ2n) is 2.01. The number of alkyl halides is 1. The Morgan fingerprint density at radius 2 is 1.69 bits per heavy atom. The van der Waals surface area contributed by atoms with E-state index in [4.69, 9.17) is 14.6 Å². The van der Waals surface area contributed by atoms with Gasteiger partial charge in [0.05, 0.1) is 0 Å². The number of carbonyl (C=O) groups is 1. The molecule has 0 rings (SSSR count). The van der Waals surface area contributed by atoms with Crippen molar-refractivity contribution < 1.29 is 19.4 Å². The average molecular weight is 257 g/mol. The van der Waals surface area contributed by atoms with Gasteiger partial charge in [-0.3, -0.25) is 4.79 Å². The van der Waals surface area contributed by atoms with Gasteiger partial charge < -0.3 is 14.6 Å². The molecule has 5 heteroatoms. The Hall–Kier alpha value is -0.130. The first-order valence-corrected chi connectivity index (χ1v) is 5.21. The minimum atomic E-state index is -0.829. The third-order valence-electron chi connectivity index (χ3n) is 0.917. The van der Waals surface area contributed by atoms with Crippen molar-refractivity contribution in [3.8, 4) is 0 Å². The number of hydrogen-bond donors (Lipinski definition) is 1. The lowest BCUT2D eigenvalue weighted by molar-refractivity contribution is -0.133. The summed E-state index contributed by atoms with van der Waals surface area (Å²) in [7, 11) is 0. The summed E-state index contributed by atoms with van der Waals surface area (Å²) in [6.07, 6.45) is -0.0370. The van der Waals surface area contributed by atoms with Gasteiger partial charge in [-0.1, -0.05) is 15.9 Å². The molecule has 0 aromatic heterocycles. The van der Waals surface area contributed by atoms with E-state index >= 15 is 0 Å². The largest absolute Gasteiger partial charge is 0.481 e. The molecular weight excluding hydrogens is 240 g/mol. The van der Waals surface area contributed by atoms with Gasteiger partial charge in [0.1, 0.15) is 5.33 Å². The van der Waals surface area contributed by atoms with Gasteiger partial charge in [0.15, 0.2) is 6.29 Å². The van der Waals surface area contributed by atoms with Crippen molar-refractivity contribution in [3.05, 3.63) is 0 Å². The predicted molar refractivity (Wildman–Crippen MR) is 54.1 cm³/mol.